The van der Waals surface area contributed by atoms with Crippen molar-refractivity contribution in [3.8, 4) is 0 Å². The molecule has 1 aliphatic rings. The first-order valence-corrected chi connectivity index (χ1v) is 6.46. The number of ether oxygens (including phenoxy) is 1. The Labute approximate surface area is 108 Å². The Morgan fingerprint density at radius 2 is 1.89 bits per heavy atom. The smallest absolute Gasteiger partial charge is 0.411 e. The van der Waals surface area contributed by atoms with Gasteiger partial charge in [-0.05, 0) is 25.0 Å². The van der Waals surface area contributed by atoms with E-state index in [4.69, 9.17) is 10.5 Å². The summed E-state index contributed by atoms with van der Waals surface area (Å²) in [6.45, 7) is 0.297. The number of benzene rings is 1. The molecular formula is C14H20N2O2. The number of carbonyl (C=O) groups excluding carboxylic acids is 1. The van der Waals surface area contributed by atoms with E-state index < -0.39 is 6.09 Å². The number of hydrogen-bond acceptors (Lipinski definition) is 3. The molecule has 0 unspecified atom stereocenters. The summed E-state index contributed by atoms with van der Waals surface area (Å²) in [5.41, 5.74) is 6.60. The van der Waals surface area contributed by atoms with Crippen molar-refractivity contribution in [2.75, 3.05) is 11.9 Å². The van der Waals surface area contributed by atoms with Crippen molar-refractivity contribution >= 4 is 11.8 Å². The van der Waals surface area contributed by atoms with Crippen LogP contribution >= 0.6 is 0 Å². The van der Waals surface area contributed by atoms with E-state index in [0.717, 1.165) is 31.4 Å². The molecule has 0 spiro atoms. The molecule has 0 atom stereocenters. The highest BCUT2D eigenvalue weighted by Gasteiger charge is 2.28. The summed E-state index contributed by atoms with van der Waals surface area (Å²) in [6.07, 6.45) is 4.92. The van der Waals surface area contributed by atoms with Crippen LogP contribution in [0.1, 0.15) is 32.1 Å². The van der Waals surface area contributed by atoms with Gasteiger partial charge in [-0.25, -0.2) is 4.79 Å². The average molecular weight is 248 g/mol. The first-order chi connectivity index (χ1) is 8.68. The third kappa shape index (κ3) is 3.74. The van der Waals surface area contributed by atoms with Crippen molar-refractivity contribution in [2.45, 2.75) is 37.6 Å². The van der Waals surface area contributed by atoms with Crippen LogP contribution in [0.5, 0.6) is 0 Å². The Bertz CT molecular complexity index is 386. The predicted octanol–water partition coefficient (Wildman–Crippen LogP) is 2.90. The van der Waals surface area contributed by atoms with Gasteiger partial charge in [-0.1, -0.05) is 37.5 Å². The lowest BCUT2D eigenvalue weighted by Crippen LogP contribution is -2.46. The van der Waals surface area contributed by atoms with Crippen LogP contribution in [0.2, 0.25) is 0 Å². The molecule has 1 aromatic rings. The fourth-order valence-corrected chi connectivity index (χ4v) is 2.28. The van der Waals surface area contributed by atoms with E-state index in [0.29, 0.717) is 6.61 Å². The Kier molecular flexibility index (Phi) is 4.20. The molecule has 1 aliphatic carbocycles. The summed E-state index contributed by atoms with van der Waals surface area (Å²) in [4.78, 5) is 11.6. The molecule has 0 aliphatic heterocycles. The van der Waals surface area contributed by atoms with Gasteiger partial charge in [0.15, 0.2) is 0 Å². The van der Waals surface area contributed by atoms with Crippen LogP contribution < -0.4 is 11.1 Å². The molecule has 3 N–H and O–H groups in total. The van der Waals surface area contributed by atoms with Crippen LogP contribution in [0.25, 0.3) is 0 Å². The number of carbonyl (C=O) groups is 1. The third-order valence-electron chi connectivity index (χ3n) is 3.36. The fraction of sp³-hybridized carbons (Fsp3) is 0.500. The number of rotatable bonds is 3. The van der Waals surface area contributed by atoms with Crippen LogP contribution in [0.15, 0.2) is 30.3 Å². The summed E-state index contributed by atoms with van der Waals surface area (Å²) >= 11 is 0. The summed E-state index contributed by atoms with van der Waals surface area (Å²) in [7, 11) is 0. The molecule has 4 heteroatoms. The molecule has 4 nitrogen and oxygen atoms in total. The monoisotopic (exact) mass is 248 g/mol. The van der Waals surface area contributed by atoms with Crippen molar-refractivity contribution in [1.82, 2.24) is 0 Å². The molecule has 1 aromatic carbocycles. The minimum Gasteiger partial charge on any atom is -0.447 e. The van der Waals surface area contributed by atoms with Crippen LogP contribution in [-0.4, -0.2) is 18.2 Å². The van der Waals surface area contributed by atoms with Gasteiger partial charge >= 0.3 is 6.09 Å². The molecule has 1 saturated carbocycles. The average Bonchev–Trinajstić information content (AvgIpc) is 2.39. The van der Waals surface area contributed by atoms with E-state index in [2.05, 4.69) is 5.32 Å². The highest BCUT2D eigenvalue weighted by Crippen LogP contribution is 2.26. The number of para-hydroxylation sites is 1. The van der Waals surface area contributed by atoms with Gasteiger partial charge in [0.1, 0.15) is 6.61 Å². The van der Waals surface area contributed by atoms with Gasteiger partial charge in [0, 0.05) is 5.69 Å². The zero-order chi connectivity index (χ0) is 12.8. The Morgan fingerprint density at radius 1 is 1.22 bits per heavy atom. The number of anilines is 1. The maximum absolute atomic E-state index is 11.6. The Morgan fingerprint density at radius 3 is 2.56 bits per heavy atom. The topological polar surface area (TPSA) is 64.3 Å². The zero-order valence-corrected chi connectivity index (χ0v) is 10.5. The number of nitrogens with two attached hydrogens (primary N) is 1. The molecular weight excluding hydrogens is 228 g/mol. The second-order valence-electron chi connectivity index (χ2n) is 4.99. The molecule has 0 aromatic heterocycles. The van der Waals surface area contributed by atoms with Gasteiger partial charge < -0.3 is 10.5 Å². The van der Waals surface area contributed by atoms with Crippen LogP contribution in [0.3, 0.4) is 0 Å². The Hall–Kier alpha value is -1.55. The van der Waals surface area contributed by atoms with Gasteiger partial charge in [-0.15, -0.1) is 0 Å². The summed E-state index contributed by atoms with van der Waals surface area (Å²) < 4.78 is 5.21. The fourth-order valence-electron chi connectivity index (χ4n) is 2.28. The largest absolute Gasteiger partial charge is 0.447 e. The van der Waals surface area contributed by atoms with Crippen LogP contribution in [0, 0.1) is 0 Å². The number of nitrogens with one attached hydrogen (secondary N) is 1. The predicted molar refractivity (Wildman–Crippen MR) is 71.4 cm³/mol. The van der Waals surface area contributed by atoms with Gasteiger partial charge in [-0.2, -0.15) is 0 Å². The minimum absolute atomic E-state index is 0.297. The molecule has 1 amide bonds. The first-order valence-electron chi connectivity index (χ1n) is 6.46. The summed E-state index contributed by atoms with van der Waals surface area (Å²) in [6, 6.07) is 9.26. The van der Waals surface area contributed by atoms with Crippen molar-refractivity contribution < 1.29 is 9.53 Å². The van der Waals surface area contributed by atoms with Gasteiger partial charge in [0.05, 0.1) is 5.54 Å². The minimum atomic E-state index is -0.434. The van der Waals surface area contributed by atoms with E-state index in [1.807, 2.05) is 30.3 Å². The van der Waals surface area contributed by atoms with Crippen molar-refractivity contribution in [2.24, 2.45) is 5.73 Å². The lowest BCUT2D eigenvalue weighted by Gasteiger charge is -2.32. The maximum Gasteiger partial charge on any atom is 0.411 e. The quantitative estimate of drug-likeness (QED) is 0.864. The van der Waals surface area contributed by atoms with Crippen LogP contribution in [-0.2, 0) is 4.74 Å². The number of hydrogen-bond donors (Lipinski definition) is 2. The SMILES string of the molecule is NC1(COC(=O)Nc2ccccc2)CCCCC1. The molecule has 0 bridgehead atoms. The molecule has 18 heavy (non-hydrogen) atoms. The van der Waals surface area contributed by atoms with Gasteiger partial charge in [0.2, 0.25) is 0 Å². The van der Waals surface area contributed by atoms with E-state index in [1.54, 1.807) is 0 Å². The summed E-state index contributed by atoms with van der Waals surface area (Å²) in [5.74, 6) is 0. The molecule has 0 radical (unpaired) electrons. The maximum atomic E-state index is 11.6. The lowest BCUT2D eigenvalue weighted by molar-refractivity contribution is 0.112. The molecule has 1 fully saturated rings. The normalized spacial score (nSPS) is 18.1. The highest BCUT2D eigenvalue weighted by atomic mass is 16.5. The lowest BCUT2D eigenvalue weighted by atomic mass is 9.83. The highest BCUT2D eigenvalue weighted by molar-refractivity contribution is 5.84. The van der Waals surface area contributed by atoms with E-state index >= 15 is 0 Å². The van der Waals surface area contributed by atoms with Crippen molar-refractivity contribution in [3.63, 3.8) is 0 Å². The van der Waals surface area contributed by atoms with E-state index in [9.17, 15) is 4.79 Å². The van der Waals surface area contributed by atoms with Crippen molar-refractivity contribution in [1.29, 1.82) is 0 Å². The van der Waals surface area contributed by atoms with E-state index in [1.165, 1.54) is 6.42 Å². The standard InChI is InChI=1S/C14H20N2O2/c15-14(9-5-2-6-10-14)11-18-13(17)16-12-7-3-1-4-8-12/h1,3-4,7-8H,2,5-6,9-11,15H2,(H,16,17). The van der Waals surface area contributed by atoms with Gasteiger partial charge in [0.25, 0.3) is 0 Å². The van der Waals surface area contributed by atoms with Crippen molar-refractivity contribution in [3.05, 3.63) is 30.3 Å². The Balaban J connectivity index is 1.78. The van der Waals surface area contributed by atoms with Gasteiger partial charge in [-0.3, -0.25) is 5.32 Å². The molecule has 98 valence electrons. The third-order valence-corrected chi connectivity index (χ3v) is 3.36. The first kappa shape index (κ1) is 12.9. The van der Waals surface area contributed by atoms with Crippen LogP contribution in [0.4, 0.5) is 10.5 Å². The van der Waals surface area contributed by atoms with E-state index in [-0.39, 0.29) is 5.54 Å². The molecule has 0 heterocycles. The zero-order valence-electron chi connectivity index (χ0n) is 10.5. The molecule has 0 saturated heterocycles. The molecule has 2 rings (SSSR count). The summed E-state index contributed by atoms with van der Waals surface area (Å²) in [5, 5.41) is 2.68. The number of amides is 1. The second-order valence-corrected chi connectivity index (χ2v) is 4.99. The second kappa shape index (κ2) is 5.87.